The lowest BCUT2D eigenvalue weighted by Gasteiger charge is -2.20. The van der Waals surface area contributed by atoms with Crippen molar-refractivity contribution >= 4 is 17.2 Å². The normalized spacial score (nSPS) is 12.4. The number of aliphatic hydroxyl groups excluding tert-OH is 1. The van der Waals surface area contributed by atoms with E-state index in [1.165, 1.54) is 23.3 Å². The molecule has 120 valence electrons. The molecule has 7 heteroatoms. The third-order valence-corrected chi connectivity index (χ3v) is 4.01. The second-order valence-corrected chi connectivity index (χ2v) is 5.97. The molecule has 0 bridgehead atoms. The molecule has 0 aromatic carbocycles. The van der Waals surface area contributed by atoms with Gasteiger partial charge in [0, 0.05) is 26.1 Å². The van der Waals surface area contributed by atoms with Crippen LogP contribution in [0.4, 0.5) is 0 Å². The molecule has 22 heavy (non-hydrogen) atoms. The van der Waals surface area contributed by atoms with Crippen molar-refractivity contribution in [2.75, 3.05) is 27.3 Å². The van der Waals surface area contributed by atoms with Crippen molar-refractivity contribution in [2.45, 2.75) is 19.4 Å². The third-order valence-electron chi connectivity index (χ3n) is 3.10. The summed E-state index contributed by atoms with van der Waals surface area (Å²) in [5.41, 5.74) is 0.701. The lowest BCUT2D eigenvalue weighted by atomic mass is 10.3. The molecule has 1 atom stereocenters. The maximum atomic E-state index is 12.1. The highest BCUT2D eigenvalue weighted by Crippen LogP contribution is 2.25. The fourth-order valence-corrected chi connectivity index (χ4v) is 2.78. The Balaban J connectivity index is 1.93. The van der Waals surface area contributed by atoms with Crippen molar-refractivity contribution in [1.82, 2.24) is 9.88 Å². The van der Waals surface area contributed by atoms with Crippen LogP contribution < -0.4 is 0 Å². The fourth-order valence-electron chi connectivity index (χ4n) is 2.00. The van der Waals surface area contributed by atoms with Gasteiger partial charge in [0.15, 0.2) is 10.8 Å². The molecule has 0 aliphatic heterocycles. The number of hydrogen-bond donors (Lipinski definition) is 1. The molecular weight excluding hydrogens is 304 g/mol. The summed E-state index contributed by atoms with van der Waals surface area (Å²) >= 11 is 1.45. The van der Waals surface area contributed by atoms with Crippen LogP contribution in [0.15, 0.2) is 21.9 Å². The Morgan fingerprint density at radius 3 is 2.95 bits per heavy atom. The van der Waals surface area contributed by atoms with E-state index in [1.807, 2.05) is 24.4 Å². The van der Waals surface area contributed by atoms with Gasteiger partial charge < -0.3 is 19.2 Å². The van der Waals surface area contributed by atoms with Gasteiger partial charge >= 0.3 is 0 Å². The van der Waals surface area contributed by atoms with E-state index in [0.717, 1.165) is 10.8 Å². The van der Waals surface area contributed by atoms with Crippen molar-refractivity contribution < 1.29 is 19.1 Å². The highest BCUT2D eigenvalue weighted by Gasteiger charge is 2.16. The Hall–Kier alpha value is -1.70. The lowest BCUT2D eigenvalue weighted by Crippen LogP contribution is -2.37. The van der Waals surface area contributed by atoms with Gasteiger partial charge in [-0.2, -0.15) is 0 Å². The number of likely N-dealkylation sites (N-methyl/N-ethyl adjacent to an activating group) is 1. The third kappa shape index (κ3) is 4.40. The highest BCUT2D eigenvalue weighted by atomic mass is 32.1. The smallest absolute Gasteiger partial charge is 0.228 e. The predicted octanol–water partition coefficient (Wildman–Crippen LogP) is 1.72. The number of carbonyl (C=O) groups excluding carboxylic acids is 1. The van der Waals surface area contributed by atoms with E-state index in [2.05, 4.69) is 4.98 Å². The predicted molar refractivity (Wildman–Crippen MR) is 83.8 cm³/mol. The number of carbonyl (C=O) groups is 1. The Morgan fingerprint density at radius 1 is 1.55 bits per heavy atom. The van der Waals surface area contributed by atoms with Gasteiger partial charge in [-0.3, -0.25) is 4.79 Å². The summed E-state index contributed by atoms with van der Waals surface area (Å²) in [6.07, 6.45) is -0.483. The second-order valence-electron chi connectivity index (χ2n) is 5.11. The number of methoxy groups -OCH3 is 1. The Labute approximate surface area is 133 Å². The summed E-state index contributed by atoms with van der Waals surface area (Å²) in [5.74, 6) is 1.45. The van der Waals surface area contributed by atoms with Gasteiger partial charge in [-0.05, 0) is 19.1 Å². The van der Waals surface area contributed by atoms with Gasteiger partial charge in [-0.15, -0.1) is 11.3 Å². The zero-order valence-corrected chi connectivity index (χ0v) is 13.7. The second kappa shape index (κ2) is 7.53. The van der Waals surface area contributed by atoms with E-state index in [-0.39, 0.29) is 25.5 Å². The number of ether oxygens (including phenoxy) is 1. The number of aliphatic hydroxyl groups is 1. The Bertz CT molecular complexity index is 623. The van der Waals surface area contributed by atoms with Crippen LogP contribution >= 0.6 is 11.3 Å². The zero-order chi connectivity index (χ0) is 16.1. The van der Waals surface area contributed by atoms with Crippen LogP contribution in [0.5, 0.6) is 0 Å². The number of nitrogens with zero attached hydrogens (tertiary/aromatic N) is 2. The molecule has 2 aromatic rings. The number of amides is 1. The van der Waals surface area contributed by atoms with Crippen LogP contribution in [0.25, 0.3) is 10.8 Å². The molecule has 1 unspecified atom stereocenters. The highest BCUT2D eigenvalue weighted by molar-refractivity contribution is 7.13. The number of thiazole rings is 1. The molecule has 1 amide bonds. The summed E-state index contributed by atoms with van der Waals surface area (Å²) in [7, 11) is 3.17. The average Bonchev–Trinajstić information content (AvgIpc) is 3.07. The standard InChI is InChI=1S/C15H20N2O4S/c1-10-4-5-13(21-10)15-16-11(9-22-15)6-14(19)17(2)7-12(18)8-20-3/h4-5,9,12,18H,6-8H2,1-3H3. The fraction of sp³-hybridized carbons (Fsp3) is 0.467. The van der Waals surface area contributed by atoms with Crippen molar-refractivity contribution in [1.29, 1.82) is 0 Å². The summed E-state index contributed by atoms with van der Waals surface area (Å²) in [6.45, 7) is 2.32. The number of furan rings is 1. The largest absolute Gasteiger partial charge is 0.459 e. The quantitative estimate of drug-likeness (QED) is 0.839. The first kappa shape index (κ1) is 16.7. The van der Waals surface area contributed by atoms with Gasteiger partial charge in [-0.1, -0.05) is 0 Å². The van der Waals surface area contributed by atoms with Gasteiger partial charge in [0.25, 0.3) is 0 Å². The molecule has 0 aliphatic carbocycles. The Morgan fingerprint density at radius 2 is 2.32 bits per heavy atom. The van der Waals surface area contributed by atoms with E-state index in [1.54, 1.807) is 7.05 Å². The van der Waals surface area contributed by atoms with E-state index in [0.29, 0.717) is 11.5 Å². The van der Waals surface area contributed by atoms with Gasteiger partial charge in [-0.25, -0.2) is 4.98 Å². The minimum atomic E-state index is -0.684. The maximum absolute atomic E-state index is 12.1. The van der Waals surface area contributed by atoms with Crippen molar-refractivity contribution in [3.05, 3.63) is 29.0 Å². The first-order chi connectivity index (χ1) is 10.5. The maximum Gasteiger partial charge on any atom is 0.228 e. The molecule has 0 fully saturated rings. The summed E-state index contributed by atoms with van der Waals surface area (Å²) in [5, 5.41) is 12.3. The van der Waals surface area contributed by atoms with Crippen molar-refractivity contribution in [2.24, 2.45) is 0 Å². The molecule has 2 heterocycles. The number of aromatic nitrogens is 1. The number of hydrogen-bond acceptors (Lipinski definition) is 6. The topological polar surface area (TPSA) is 75.8 Å². The molecule has 0 saturated carbocycles. The first-order valence-electron chi connectivity index (χ1n) is 6.91. The molecule has 2 aromatic heterocycles. The van der Waals surface area contributed by atoms with Gasteiger partial charge in [0.05, 0.1) is 24.8 Å². The molecule has 0 spiro atoms. The van der Waals surface area contributed by atoms with Crippen LogP contribution in [-0.2, 0) is 16.0 Å². The van der Waals surface area contributed by atoms with Crippen LogP contribution in [0.3, 0.4) is 0 Å². The van der Waals surface area contributed by atoms with E-state index < -0.39 is 6.10 Å². The minimum Gasteiger partial charge on any atom is -0.459 e. The lowest BCUT2D eigenvalue weighted by molar-refractivity contribution is -0.130. The van der Waals surface area contributed by atoms with Crippen LogP contribution in [-0.4, -0.2) is 54.3 Å². The molecule has 0 aliphatic rings. The van der Waals surface area contributed by atoms with Crippen LogP contribution in [0.2, 0.25) is 0 Å². The van der Waals surface area contributed by atoms with E-state index >= 15 is 0 Å². The van der Waals surface area contributed by atoms with E-state index in [9.17, 15) is 9.90 Å². The van der Waals surface area contributed by atoms with Gasteiger partial charge in [0.1, 0.15) is 5.76 Å². The summed E-state index contributed by atoms with van der Waals surface area (Å²) in [6, 6.07) is 3.75. The van der Waals surface area contributed by atoms with Crippen LogP contribution in [0.1, 0.15) is 11.5 Å². The van der Waals surface area contributed by atoms with Gasteiger partial charge in [0.2, 0.25) is 5.91 Å². The monoisotopic (exact) mass is 324 g/mol. The minimum absolute atomic E-state index is 0.0948. The number of rotatable bonds is 7. The molecular formula is C15H20N2O4S. The van der Waals surface area contributed by atoms with Crippen molar-refractivity contribution in [3.63, 3.8) is 0 Å². The molecule has 6 nitrogen and oxygen atoms in total. The zero-order valence-electron chi connectivity index (χ0n) is 12.9. The van der Waals surface area contributed by atoms with E-state index in [4.69, 9.17) is 9.15 Å². The summed E-state index contributed by atoms with van der Waals surface area (Å²) in [4.78, 5) is 18.0. The molecule has 1 N–H and O–H groups in total. The molecule has 0 saturated heterocycles. The SMILES string of the molecule is COCC(O)CN(C)C(=O)Cc1csc(-c2ccc(C)o2)n1. The molecule has 0 radical (unpaired) electrons. The average molecular weight is 324 g/mol. The van der Waals surface area contributed by atoms with Crippen LogP contribution in [0, 0.1) is 6.92 Å². The number of aryl methyl sites for hydroxylation is 1. The Kier molecular flexibility index (Phi) is 5.70. The summed E-state index contributed by atoms with van der Waals surface area (Å²) < 4.78 is 10.4. The molecule has 2 rings (SSSR count). The van der Waals surface area contributed by atoms with Crippen molar-refractivity contribution in [3.8, 4) is 10.8 Å². The first-order valence-corrected chi connectivity index (χ1v) is 7.79.